The Morgan fingerprint density at radius 3 is 2.85 bits per heavy atom. The number of nitrogens with zero attached hydrogens (tertiary/aromatic N) is 1. The van der Waals surface area contributed by atoms with Gasteiger partial charge in [0, 0.05) is 25.3 Å². The van der Waals surface area contributed by atoms with Gasteiger partial charge in [-0.05, 0) is 17.5 Å². The van der Waals surface area contributed by atoms with E-state index in [1.807, 2.05) is 25.2 Å². The summed E-state index contributed by atoms with van der Waals surface area (Å²) < 4.78 is 5.62. The maximum Gasteiger partial charge on any atom is 0.319 e. The van der Waals surface area contributed by atoms with Gasteiger partial charge in [-0.3, -0.25) is 0 Å². The molecular formula is C15H23N3O2. The molecule has 20 heavy (non-hydrogen) atoms. The molecule has 2 N–H and O–H groups in total. The Morgan fingerprint density at radius 2 is 2.15 bits per heavy atom. The molecule has 1 aromatic rings. The highest BCUT2D eigenvalue weighted by atomic mass is 16.5. The third-order valence-corrected chi connectivity index (χ3v) is 3.09. The fourth-order valence-electron chi connectivity index (χ4n) is 1.96. The Morgan fingerprint density at radius 1 is 1.40 bits per heavy atom. The molecule has 0 fully saturated rings. The van der Waals surface area contributed by atoms with Gasteiger partial charge in [0.1, 0.15) is 12.4 Å². The van der Waals surface area contributed by atoms with E-state index in [9.17, 15) is 4.79 Å². The first kappa shape index (κ1) is 14.5. The zero-order valence-corrected chi connectivity index (χ0v) is 12.6. The first-order chi connectivity index (χ1) is 9.35. The van der Waals surface area contributed by atoms with Gasteiger partial charge in [-0.1, -0.05) is 20.8 Å². The predicted molar refractivity (Wildman–Crippen MR) is 81.7 cm³/mol. The molecule has 110 valence electrons. The molecule has 0 aliphatic carbocycles. The minimum absolute atomic E-state index is 0.0685. The van der Waals surface area contributed by atoms with E-state index in [-0.39, 0.29) is 11.4 Å². The van der Waals surface area contributed by atoms with E-state index in [1.54, 1.807) is 0 Å². The molecular weight excluding hydrogens is 254 g/mol. The Hall–Kier alpha value is -1.91. The lowest BCUT2D eigenvalue weighted by Gasteiger charge is -2.28. The quantitative estimate of drug-likeness (QED) is 0.874. The van der Waals surface area contributed by atoms with Crippen LogP contribution in [0.3, 0.4) is 0 Å². The number of anilines is 2. The van der Waals surface area contributed by atoms with Crippen LogP contribution in [0.15, 0.2) is 18.2 Å². The van der Waals surface area contributed by atoms with E-state index in [1.165, 1.54) is 0 Å². The standard InChI is InChI=1S/C15H23N3O2/c1-15(2,3)10-16-14(19)17-11-5-6-12-13(9-11)20-8-7-18(12)4/h5-6,9H,7-8,10H2,1-4H3,(H2,16,17,19). The van der Waals surface area contributed by atoms with Crippen LogP contribution in [-0.2, 0) is 0 Å². The topological polar surface area (TPSA) is 53.6 Å². The number of benzene rings is 1. The number of hydrogen-bond donors (Lipinski definition) is 2. The molecule has 2 rings (SSSR count). The third-order valence-electron chi connectivity index (χ3n) is 3.09. The first-order valence-electron chi connectivity index (χ1n) is 6.88. The fourth-order valence-corrected chi connectivity index (χ4v) is 1.96. The number of amides is 2. The largest absolute Gasteiger partial charge is 0.489 e. The Kier molecular flexibility index (Phi) is 4.06. The molecule has 1 aliphatic rings. The molecule has 0 radical (unpaired) electrons. The number of carbonyl (C=O) groups excluding carboxylic acids is 1. The van der Waals surface area contributed by atoms with Gasteiger partial charge in [0.05, 0.1) is 12.2 Å². The lowest BCUT2D eigenvalue weighted by molar-refractivity contribution is 0.247. The lowest BCUT2D eigenvalue weighted by Crippen LogP contribution is -2.35. The van der Waals surface area contributed by atoms with Gasteiger partial charge < -0.3 is 20.3 Å². The molecule has 1 heterocycles. The summed E-state index contributed by atoms with van der Waals surface area (Å²) in [6, 6.07) is 5.53. The number of ether oxygens (including phenoxy) is 1. The summed E-state index contributed by atoms with van der Waals surface area (Å²) in [6.45, 7) is 8.42. The van der Waals surface area contributed by atoms with Gasteiger partial charge in [-0.25, -0.2) is 4.79 Å². The number of rotatable bonds is 2. The van der Waals surface area contributed by atoms with Crippen LogP contribution in [0.4, 0.5) is 16.2 Å². The minimum Gasteiger partial charge on any atom is -0.489 e. The molecule has 0 bridgehead atoms. The molecule has 5 heteroatoms. The van der Waals surface area contributed by atoms with Crippen molar-refractivity contribution in [3.8, 4) is 5.75 Å². The van der Waals surface area contributed by atoms with Gasteiger partial charge in [-0.2, -0.15) is 0 Å². The highest BCUT2D eigenvalue weighted by Gasteiger charge is 2.16. The second-order valence-corrected chi connectivity index (χ2v) is 6.32. The summed E-state index contributed by atoms with van der Waals surface area (Å²) in [5.74, 6) is 0.812. The number of nitrogens with one attached hydrogen (secondary N) is 2. The van der Waals surface area contributed by atoms with E-state index >= 15 is 0 Å². The average Bonchev–Trinajstić information content (AvgIpc) is 2.36. The first-order valence-corrected chi connectivity index (χ1v) is 6.88. The van der Waals surface area contributed by atoms with Crippen molar-refractivity contribution in [1.29, 1.82) is 0 Å². The average molecular weight is 277 g/mol. The van der Waals surface area contributed by atoms with Crippen LogP contribution in [0.1, 0.15) is 20.8 Å². The molecule has 1 aliphatic heterocycles. The zero-order chi connectivity index (χ0) is 14.8. The summed E-state index contributed by atoms with van der Waals surface area (Å²) in [4.78, 5) is 14.0. The summed E-state index contributed by atoms with van der Waals surface area (Å²) >= 11 is 0. The number of hydrogen-bond acceptors (Lipinski definition) is 3. The van der Waals surface area contributed by atoms with Crippen LogP contribution in [-0.4, -0.2) is 32.8 Å². The fraction of sp³-hybridized carbons (Fsp3) is 0.533. The predicted octanol–water partition coefficient (Wildman–Crippen LogP) is 2.68. The smallest absolute Gasteiger partial charge is 0.319 e. The summed E-state index contributed by atoms with van der Waals surface area (Å²) in [5.41, 5.74) is 1.86. The molecule has 1 aromatic carbocycles. The van der Waals surface area contributed by atoms with Crippen molar-refractivity contribution < 1.29 is 9.53 Å². The Labute approximate surface area is 120 Å². The lowest BCUT2D eigenvalue weighted by atomic mass is 9.97. The van der Waals surface area contributed by atoms with Crippen molar-refractivity contribution in [3.63, 3.8) is 0 Å². The third kappa shape index (κ3) is 3.79. The van der Waals surface area contributed by atoms with Crippen LogP contribution in [0, 0.1) is 5.41 Å². The Balaban J connectivity index is 1.98. The highest BCUT2D eigenvalue weighted by molar-refractivity contribution is 5.90. The van der Waals surface area contributed by atoms with Crippen molar-refractivity contribution >= 4 is 17.4 Å². The monoisotopic (exact) mass is 277 g/mol. The van der Waals surface area contributed by atoms with Crippen LogP contribution in [0.25, 0.3) is 0 Å². The summed E-state index contributed by atoms with van der Waals surface area (Å²) in [6.07, 6.45) is 0. The molecule has 0 aromatic heterocycles. The van der Waals surface area contributed by atoms with Gasteiger partial charge >= 0.3 is 6.03 Å². The highest BCUT2D eigenvalue weighted by Crippen LogP contribution is 2.33. The minimum atomic E-state index is -0.191. The maximum absolute atomic E-state index is 11.8. The molecule has 2 amide bonds. The number of fused-ring (bicyclic) bond motifs is 1. The number of urea groups is 1. The van der Waals surface area contributed by atoms with Gasteiger partial charge in [0.15, 0.2) is 0 Å². The molecule has 5 nitrogen and oxygen atoms in total. The van der Waals surface area contributed by atoms with Gasteiger partial charge in [0.2, 0.25) is 0 Å². The molecule has 0 saturated heterocycles. The van der Waals surface area contributed by atoms with Crippen molar-refractivity contribution in [2.45, 2.75) is 20.8 Å². The van der Waals surface area contributed by atoms with Crippen LogP contribution >= 0.6 is 0 Å². The van der Waals surface area contributed by atoms with E-state index in [4.69, 9.17) is 4.74 Å². The van der Waals surface area contributed by atoms with Crippen molar-refractivity contribution in [2.24, 2.45) is 5.41 Å². The van der Waals surface area contributed by atoms with E-state index in [2.05, 4.69) is 36.3 Å². The molecule has 0 unspecified atom stereocenters. The zero-order valence-electron chi connectivity index (χ0n) is 12.6. The van der Waals surface area contributed by atoms with Crippen molar-refractivity contribution in [1.82, 2.24) is 5.32 Å². The number of carbonyl (C=O) groups is 1. The molecule has 0 atom stereocenters. The Bertz CT molecular complexity index is 494. The second-order valence-electron chi connectivity index (χ2n) is 6.32. The maximum atomic E-state index is 11.8. The van der Waals surface area contributed by atoms with Crippen molar-refractivity contribution in [3.05, 3.63) is 18.2 Å². The van der Waals surface area contributed by atoms with Crippen molar-refractivity contribution in [2.75, 3.05) is 37.0 Å². The van der Waals surface area contributed by atoms with Crippen LogP contribution in [0.5, 0.6) is 5.75 Å². The van der Waals surface area contributed by atoms with Crippen LogP contribution < -0.4 is 20.3 Å². The van der Waals surface area contributed by atoms with Gasteiger partial charge in [0.25, 0.3) is 0 Å². The molecule has 0 saturated carbocycles. The summed E-state index contributed by atoms with van der Waals surface area (Å²) in [7, 11) is 2.03. The SMILES string of the molecule is CN1CCOc2cc(NC(=O)NCC(C)(C)C)ccc21. The molecule has 0 spiro atoms. The second kappa shape index (κ2) is 5.61. The number of likely N-dealkylation sites (N-methyl/N-ethyl adjacent to an activating group) is 1. The van der Waals surface area contributed by atoms with E-state index in [0.29, 0.717) is 13.2 Å². The van der Waals surface area contributed by atoms with E-state index in [0.717, 1.165) is 23.7 Å². The van der Waals surface area contributed by atoms with Gasteiger partial charge in [-0.15, -0.1) is 0 Å². The van der Waals surface area contributed by atoms with Crippen LogP contribution in [0.2, 0.25) is 0 Å². The summed E-state index contributed by atoms with van der Waals surface area (Å²) in [5, 5.41) is 5.69. The normalized spacial score (nSPS) is 14.3. The van der Waals surface area contributed by atoms with E-state index < -0.39 is 0 Å².